The first-order valence-corrected chi connectivity index (χ1v) is 7.26. The fourth-order valence-electron chi connectivity index (χ4n) is 1.66. The molecular weight excluding hydrogens is 246 g/mol. The van der Waals surface area contributed by atoms with Gasteiger partial charge in [-0.05, 0) is 6.92 Å². The summed E-state index contributed by atoms with van der Waals surface area (Å²) >= 11 is 0. The van der Waals surface area contributed by atoms with Crippen molar-refractivity contribution in [3.8, 4) is 0 Å². The topological polar surface area (TPSA) is 95.6 Å². The Labute approximate surface area is 101 Å². The molecule has 1 aliphatic rings. The number of hydrogen-bond donors (Lipinski definition) is 2. The van der Waals surface area contributed by atoms with Crippen LogP contribution in [-0.2, 0) is 19.6 Å². The van der Waals surface area contributed by atoms with Crippen LogP contribution in [0.15, 0.2) is 0 Å². The van der Waals surface area contributed by atoms with Crippen molar-refractivity contribution in [2.24, 2.45) is 0 Å². The minimum atomic E-state index is -3.21. The molecule has 17 heavy (non-hydrogen) atoms. The molecule has 0 aliphatic carbocycles. The van der Waals surface area contributed by atoms with Crippen LogP contribution in [0.2, 0.25) is 0 Å². The Hall–Kier alpha value is -0.990. The summed E-state index contributed by atoms with van der Waals surface area (Å²) < 4.78 is 23.8. The molecule has 0 radical (unpaired) electrons. The first-order valence-electron chi connectivity index (χ1n) is 5.37. The minimum absolute atomic E-state index is 0.144. The van der Waals surface area contributed by atoms with E-state index >= 15 is 0 Å². The molecule has 1 aliphatic heterocycles. The standard InChI is InChI=1S/C9H17N3O4S/c1-3-12-8(13)6-7(9(12)14)10-4-5-11-17(2,15)16/h7,10-11H,3-6H2,1-2H3. The molecule has 0 aromatic rings. The maximum atomic E-state index is 11.6. The van der Waals surface area contributed by atoms with E-state index in [1.165, 1.54) is 4.90 Å². The van der Waals surface area contributed by atoms with Gasteiger partial charge in [-0.25, -0.2) is 13.1 Å². The van der Waals surface area contributed by atoms with Gasteiger partial charge in [-0.3, -0.25) is 14.5 Å². The summed E-state index contributed by atoms with van der Waals surface area (Å²) in [5.74, 6) is -0.428. The van der Waals surface area contributed by atoms with Crippen molar-refractivity contribution in [2.45, 2.75) is 19.4 Å². The van der Waals surface area contributed by atoms with Crippen molar-refractivity contribution in [3.05, 3.63) is 0 Å². The summed E-state index contributed by atoms with van der Waals surface area (Å²) in [6, 6.07) is -0.524. The van der Waals surface area contributed by atoms with Crippen LogP contribution in [0.1, 0.15) is 13.3 Å². The van der Waals surface area contributed by atoms with Crippen molar-refractivity contribution in [3.63, 3.8) is 0 Å². The van der Waals surface area contributed by atoms with Gasteiger partial charge < -0.3 is 5.32 Å². The highest BCUT2D eigenvalue weighted by molar-refractivity contribution is 7.88. The Morgan fingerprint density at radius 3 is 2.47 bits per heavy atom. The predicted octanol–water partition coefficient (Wildman–Crippen LogP) is -1.73. The zero-order valence-corrected chi connectivity index (χ0v) is 10.7. The molecule has 1 fully saturated rings. The second-order valence-corrected chi connectivity index (χ2v) is 5.69. The van der Waals surface area contributed by atoms with Crippen LogP contribution >= 0.6 is 0 Å². The zero-order chi connectivity index (χ0) is 13.1. The number of amides is 2. The lowest BCUT2D eigenvalue weighted by Gasteiger charge is -2.12. The molecule has 7 nitrogen and oxygen atoms in total. The third-order valence-electron chi connectivity index (χ3n) is 2.44. The Balaban J connectivity index is 2.34. The van der Waals surface area contributed by atoms with E-state index in [9.17, 15) is 18.0 Å². The maximum absolute atomic E-state index is 11.6. The lowest BCUT2D eigenvalue weighted by atomic mass is 10.2. The van der Waals surface area contributed by atoms with Crippen LogP contribution in [-0.4, -0.2) is 57.1 Å². The van der Waals surface area contributed by atoms with E-state index in [2.05, 4.69) is 10.0 Å². The number of nitrogens with zero attached hydrogens (tertiary/aromatic N) is 1. The maximum Gasteiger partial charge on any atom is 0.246 e. The number of nitrogens with one attached hydrogen (secondary N) is 2. The lowest BCUT2D eigenvalue weighted by Crippen LogP contribution is -2.41. The van der Waals surface area contributed by atoms with Gasteiger partial charge in [0.15, 0.2) is 0 Å². The zero-order valence-electron chi connectivity index (χ0n) is 9.89. The Kier molecular flexibility index (Phi) is 4.61. The van der Waals surface area contributed by atoms with E-state index in [0.29, 0.717) is 13.1 Å². The van der Waals surface area contributed by atoms with Crippen LogP contribution < -0.4 is 10.0 Å². The fraction of sp³-hybridized carbons (Fsp3) is 0.778. The molecule has 0 bridgehead atoms. The Bertz CT molecular complexity index is 406. The monoisotopic (exact) mass is 263 g/mol. The average Bonchev–Trinajstić information content (AvgIpc) is 2.47. The summed E-state index contributed by atoms with van der Waals surface area (Å²) in [6.07, 6.45) is 1.21. The summed E-state index contributed by atoms with van der Waals surface area (Å²) in [4.78, 5) is 24.2. The van der Waals surface area contributed by atoms with Crippen molar-refractivity contribution in [1.29, 1.82) is 0 Å². The smallest absolute Gasteiger partial charge is 0.246 e. The van der Waals surface area contributed by atoms with Crippen LogP contribution in [0.5, 0.6) is 0 Å². The van der Waals surface area contributed by atoms with Gasteiger partial charge in [0.25, 0.3) is 0 Å². The predicted molar refractivity (Wildman–Crippen MR) is 61.6 cm³/mol. The van der Waals surface area contributed by atoms with Gasteiger partial charge in [-0.2, -0.15) is 0 Å². The van der Waals surface area contributed by atoms with Gasteiger partial charge in [0.1, 0.15) is 0 Å². The number of rotatable bonds is 6. The lowest BCUT2D eigenvalue weighted by molar-refractivity contribution is -0.138. The molecule has 1 atom stereocenters. The third-order valence-corrected chi connectivity index (χ3v) is 3.17. The largest absolute Gasteiger partial charge is 0.304 e. The molecule has 0 saturated carbocycles. The van der Waals surface area contributed by atoms with Gasteiger partial charge in [-0.1, -0.05) is 0 Å². The summed E-state index contributed by atoms with van der Waals surface area (Å²) in [5.41, 5.74) is 0. The summed E-state index contributed by atoms with van der Waals surface area (Å²) in [7, 11) is -3.21. The number of imide groups is 1. The summed E-state index contributed by atoms with van der Waals surface area (Å²) in [5, 5.41) is 2.86. The van der Waals surface area contributed by atoms with E-state index in [0.717, 1.165) is 6.26 Å². The molecule has 1 heterocycles. The number of likely N-dealkylation sites (tertiary alicyclic amines) is 1. The minimum Gasteiger partial charge on any atom is -0.304 e. The second kappa shape index (κ2) is 5.56. The number of carbonyl (C=O) groups is 2. The number of carbonyl (C=O) groups excluding carboxylic acids is 2. The molecule has 1 rings (SSSR count). The van der Waals surface area contributed by atoms with E-state index in [1.54, 1.807) is 6.92 Å². The normalized spacial score (nSPS) is 21.3. The molecule has 1 unspecified atom stereocenters. The Morgan fingerprint density at radius 1 is 1.35 bits per heavy atom. The van der Waals surface area contributed by atoms with E-state index in [1.807, 2.05) is 0 Å². The van der Waals surface area contributed by atoms with Crippen molar-refractivity contribution < 1.29 is 18.0 Å². The van der Waals surface area contributed by atoms with E-state index in [4.69, 9.17) is 0 Å². The molecule has 98 valence electrons. The fourth-order valence-corrected chi connectivity index (χ4v) is 2.13. The quantitative estimate of drug-likeness (QED) is 0.439. The highest BCUT2D eigenvalue weighted by Crippen LogP contribution is 2.11. The molecule has 8 heteroatoms. The number of sulfonamides is 1. The highest BCUT2D eigenvalue weighted by Gasteiger charge is 2.36. The van der Waals surface area contributed by atoms with Crippen molar-refractivity contribution in [2.75, 3.05) is 25.9 Å². The van der Waals surface area contributed by atoms with Gasteiger partial charge >= 0.3 is 0 Å². The van der Waals surface area contributed by atoms with Crippen LogP contribution in [0.4, 0.5) is 0 Å². The van der Waals surface area contributed by atoms with Gasteiger partial charge in [-0.15, -0.1) is 0 Å². The number of hydrogen-bond acceptors (Lipinski definition) is 5. The van der Waals surface area contributed by atoms with Gasteiger partial charge in [0.05, 0.1) is 18.7 Å². The molecule has 0 spiro atoms. The van der Waals surface area contributed by atoms with E-state index < -0.39 is 16.1 Å². The summed E-state index contributed by atoms with van der Waals surface area (Å²) in [6.45, 7) is 2.62. The third kappa shape index (κ3) is 4.06. The average molecular weight is 263 g/mol. The van der Waals surface area contributed by atoms with E-state index in [-0.39, 0.29) is 24.8 Å². The number of likely N-dealkylation sites (N-methyl/N-ethyl adjacent to an activating group) is 1. The molecular formula is C9H17N3O4S. The highest BCUT2D eigenvalue weighted by atomic mass is 32.2. The molecule has 2 amide bonds. The first kappa shape index (κ1) is 14.1. The Morgan fingerprint density at radius 2 is 2.00 bits per heavy atom. The van der Waals surface area contributed by atoms with Gasteiger partial charge in [0.2, 0.25) is 21.8 Å². The molecule has 1 saturated heterocycles. The van der Waals surface area contributed by atoms with Crippen LogP contribution in [0.3, 0.4) is 0 Å². The van der Waals surface area contributed by atoms with Crippen molar-refractivity contribution >= 4 is 21.8 Å². The molecule has 0 aromatic heterocycles. The molecule has 2 N–H and O–H groups in total. The first-order chi connectivity index (χ1) is 7.85. The molecule has 0 aromatic carbocycles. The van der Waals surface area contributed by atoms with Crippen LogP contribution in [0, 0.1) is 0 Å². The van der Waals surface area contributed by atoms with Crippen LogP contribution in [0.25, 0.3) is 0 Å². The second-order valence-electron chi connectivity index (χ2n) is 3.85. The SMILES string of the molecule is CCN1C(=O)CC(NCCNS(C)(=O)=O)C1=O. The van der Waals surface area contributed by atoms with Crippen molar-refractivity contribution in [1.82, 2.24) is 14.9 Å². The van der Waals surface area contributed by atoms with Gasteiger partial charge in [0, 0.05) is 19.6 Å².